The number of hydrogen-bond donors (Lipinski definition) is 6. The molecule has 0 saturated heterocycles. The van der Waals surface area contributed by atoms with Crippen LogP contribution in [0.1, 0.15) is 28.2 Å². The minimum atomic E-state index is -2.65. The van der Waals surface area contributed by atoms with Gasteiger partial charge in [-0.15, -0.1) is 0 Å². The second-order valence-corrected chi connectivity index (χ2v) is 24.0. The van der Waals surface area contributed by atoms with Crippen LogP contribution in [0.3, 0.4) is 0 Å². The summed E-state index contributed by atoms with van der Waals surface area (Å²) in [4.78, 5) is 49.4. The maximum absolute atomic E-state index is 10.1. The first-order chi connectivity index (χ1) is 13.7. The van der Waals surface area contributed by atoms with Gasteiger partial charge in [0.1, 0.15) is 0 Å². The van der Waals surface area contributed by atoms with Crippen molar-refractivity contribution in [2.24, 2.45) is 0 Å². The molecule has 0 aromatic rings. The van der Waals surface area contributed by atoms with E-state index in [1.54, 1.807) is 20.8 Å². The largest absolute Gasteiger partial charge is 3.00 e. The van der Waals surface area contributed by atoms with E-state index in [-0.39, 0.29) is 42.1 Å². The summed E-state index contributed by atoms with van der Waals surface area (Å²) in [6, 6.07) is 0. The van der Waals surface area contributed by atoms with E-state index < -0.39 is 44.2 Å². The Bertz CT molecular complexity index is 618. The Morgan fingerprint density at radius 3 is 0.417 bits per heavy atom. The third-order valence-electron chi connectivity index (χ3n) is 1.76. The zero-order chi connectivity index (χ0) is 29.1. The molecule has 0 fully saturated rings. The number of hydrogen-bond acceptors (Lipinski definition) is 6. The van der Waals surface area contributed by atoms with Gasteiger partial charge in [0, 0.05) is 78.5 Å². The Balaban J connectivity index is -0.0000000342. The molecule has 0 spiro atoms. The minimum absolute atomic E-state index is 0. The predicted molar refractivity (Wildman–Crippen MR) is 162 cm³/mol. The Hall–Kier alpha value is 2.20. The summed E-state index contributed by atoms with van der Waals surface area (Å²) in [6.07, 6.45) is 1.15. The van der Waals surface area contributed by atoms with Gasteiger partial charge in [-0.1, -0.05) is 28.2 Å². The van der Waals surface area contributed by atoms with Crippen LogP contribution in [0.25, 0.3) is 0 Å². The van der Waals surface area contributed by atoms with Gasteiger partial charge >= 0.3 is 34.7 Å². The summed E-state index contributed by atoms with van der Waals surface area (Å²) < 4.78 is 59.7. The third-order valence-corrected chi connectivity index (χ3v) is 5.28. The summed E-state index contributed by atoms with van der Waals surface area (Å²) in [5.74, 6) is 0. The predicted octanol–water partition coefficient (Wildman–Crippen LogP) is 4.14. The molecule has 0 aromatic heterocycles. The van der Waals surface area contributed by atoms with Gasteiger partial charge < -0.3 is 29.4 Å². The van der Waals surface area contributed by atoms with Crippen molar-refractivity contribution < 1.29 is 56.8 Å². The summed E-state index contributed by atoms with van der Waals surface area (Å²) in [7, 11) is -15.9. The van der Waals surface area contributed by atoms with Crippen molar-refractivity contribution in [2.75, 3.05) is 78.5 Å². The topological polar surface area (TPSA) is 224 Å². The fraction of sp³-hybridized carbons (Fsp3) is 1.00. The van der Waals surface area contributed by atoms with Gasteiger partial charge in [0.05, 0.1) is 0 Å². The molecule has 36 heavy (non-hydrogen) atoms. The van der Waals surface area contributed by atoms with E-state index in [2.05, 4.69) is 0 Å². The van der Waals surface area contributed by atoms with E-state index >= 15 is 0 Å². The van der Waals surface area contributed by atoms with Gasteiger partial charge in [0.25, 0.3) is 0 Å². The second kappa shape index (κ2) is 28.7. The van der Waals surface area contributed by atoms with Crippen LogP contribution < -0.4 is 0 Å². The van der Waals surface area contributed by atoms with Crippen LogP contribution in [0, 0.1) is 0 Å². The van der Waals surface area contributed by atoms with Crippen LogP contribution in [-0.2, 0) is 27.4 Å². The molecule has 3 unspecified atom stereocenters. The zero-order valence-electron chi connectivity index (χ0n) is 23.1. The molecule has 218 valence electrons. The molecule has 0 bridgehead atoms. The molecule has 0 aliphatic carbocycles. The van der Waals surface area contributed by atoms with Crippen LogP contribution in [-0.4, -0.2) is 143 Å². The maximum atomic E-state index is 10.1. The Labute approximate surface area is 241 Å². The molecule has 0 saturated carbocycles. The molecule has 6 N–H and O–H groups in total. The van der Waals surface area contributed by atoms with Gasteiger partial charge in [-0.2, -0.15) is 0 Å². The van der Waals surface area contributed by atoms with E-state index in [4.69, 9.17) is 29.4 Å². The average molecular weight is 676 g/mol. The van der Waals surface area contributed by atoms with Crippen LogP contribution in [0.5, 0.6) is 0 Å². The van der Waals surface area contributed by atoms with Gasteiger partial charge in [-0.25, -0.2) is 0 Å². The average Bonchev–Trinajstić information content (AvgIpc) is 2.41. The Kier molecular flexibility index (Phi) is 49.5. The molecule has 12 nitrogen and oxygen atoms in total. The van der Waals surface area contributed by atoms with E-state index in [9.17, 15) is 27.4 Å². The smallest absolute Gasteiger partial charge is 0.345 e. The van der Waals surface area contributed by atoms with Crippen molar-refractivity contribution in [2.45, 2.75) is 28.2 Å². The summed E-state index contributed by atoms with van der Waals surface area (Å²) in [5.41, 5.74) is 0. The normalized spacial score (nSPS) is 14.8. The van der Waals surface area contributed by atoms with Crippen molar-refractivity contribution in [3.05, 3.63) is 0 Å². The van der Waals surface area contributed by atoms with Crippen molar-refractivity contribution in [3.63, 3.8) is 0 Å². The van der Waals surface area contributed by atoms with Crippen LogP contribution in [0.2, 0.25) is 0 Å². The molecule has 0 rings (SSSR count). The quantitative estimate of drug-likeness (QED) is 0.183. The van der Waals surface area contributed by atoms with E-state index in [1.807, 2.05) is 0 Å². The molecule has 0 aromatic carbocycles. The molecule has 0 aliphatic heterocycles. The second-order valence-electron chi connectivity index (χ2n) is 7.98. The maximum Gasteiger partial charge on any atom is 3.00 e. The zero-order valence-corrected chi connectivity index (χ0v) is 30.8. The van der Waals surface area contributed by atoms with Crippen molar-refractivity contribution in [1.82, 2.24) is 0 Å². The van der Waals surface area contributed by atoms with E-state index in [0.29, 0.717) is 18.5 Å². The number of rotatable bonds is 3. The molecule has 20 heteroatoms. The standard InChI is InChI=1S/3C3H9O2P.3C2H7O2P.CH4.2Al/c3*1-3-6(2,4)5;3*1-5(2,3)4;;;/h3*3H2,1-2H3,(H,4,5);3*1-2H3,(H,3,4);1H4;;/q;;;;;;;2*+3. The van der Waals surface area contributed by atoms with Crippen LogP contribution in [0.15, 0.2) is 0 Å². The first kappa shape index (κ1) is 62.0. The first-order valence-electron chi connectivity index (χ1n) is 9.39. The molecule has 0 aliphatic rings. The van der Waals surface area contributed by atoms with Crippen molar-refractivity contribution in [3.8, 4) is 0 Å². The third kappa shape index (κ3) is 357. The molecule has 0 heterocycles. The van der Waals surface area contributed by atoms with Gasteiger partial charge in [0.15, 0.2) is 44.2 Å². The monoisotopic (exact) mass is 676 g/mol. The van der Waals surface area contributed by atoms with Gasteiger partial charge in [-0.3, -0.25) is 27.4 Å². The fourth-order valence-corrected chi connectivity index (χ4v) is 0. The van der Waals surface area contributed by atoms with E-state index in [1.165, 1.54) is 60.0 Å². The minimum Gasteiger partial charge on any atom is -0.345 e. The van der Waals surface area contributed by atoms with Crippen LogP contribution >= 0.6 is 44.2 Å². The molecule has 0 radical (unpaired) electrons. The fourth-order valence-electron chi connectivity index (χ4n) is 0. The first-order valence-corrected chi connectivity index (χ1v) is 23.9. The molecule has 3 atom stereocenters. The Morgan fingerprint density at radius 2 is 0.417 bits per heavy atom. The SMILES string of the molecule is C.CCP(C)(=O)O.CCP(C)(=O)O.CCP(C)(=O)O.CP(C)(=O)O.CP(C)(=O)O.CP(C)(=O)O.[Al+3].[Al+3]. The van der Waals surface area contributed by atoms with Crippen LogP contribution in [0.4, 0.5) is 0 Å². The van der Waals surface area contributed by atoms with Gasteiger partial charge in [0.2, 0.25) is 0 Å². The van der Waals surface area contributed by atoms with Crippen molar-refractivity contribution in [1.29, 1.82) is 0 Å². The van der Waals surface area contributed by atoms with E-state index in [0.717, 1.165) is 0 Å². The summed E-state index contributed by atoms with van der Waals surface area (Å²) >= 11 is 0. The van der Waals surface area contributed by atoms with Gasteiger partial charge in [-0.05, 0) is 0 Å². The molecular weight excluding hydrogens is 624 g/mol. The molecular formula is C16H52Al2O12P6+6. The molecule has 0 amide bonds. The van der Waals surface area contributed by atoms with Crippen molar-refractivity contribution >= 4 is 78.9 Å². The Morgan fingerprint density at radius 1 is 0.389 bits per heavy atom. The summed E-state index contributed by atoms with van der Waals surface area (Å²) in [5, 5.41) is 0. The summed E-state index contributed by atoms with van der Waals surface area (Å²) in [6.45, 7) is 16.9.